The van der Waals surface area contributed by atoms with Crippen molar-refractivity contribution in [2.24, 2.45) is 0 Å². The predicted molar refractivity (Wildman–Crippen MR) is 110 cm³/mol. The summed E-state index contributed by atoms with van der Waals surface area (Å²) < 4.78 is 0.956. The molecule has 4 heteroatoms. The second-order valence-electron chi connectivity index (χ2n) is 6.69. The molecular weight excluding hydrogens is 390 g/mol. The summed E-state index contributed by atoms with van der Waals surface area (Å²) in [6.45, 7) is 5.98. The number of rotatable bonds is 5. The van der Waals surface area contributed by atoms with E-state index in [1.165, 1.54) is 5.56 Å². The number of fused-ring (bicyclic) bond motifs is 1. The molecule has 3 aromatic rings. The highest BCUT2D eigenvalue weighted by atomic mass is 79.9. The van der Waals surface area contributed by atoms with Gasteiger partial charge in [0, 0.05) is 15.6 Å². The molecule has 0 amide bonds. The van der Waals surface area contributed by atoms with Crippen LogP contribution in [0.15, 0.2) is 46.9 Å². The van der Waals surface area contributed by atoms with Crippen LogP contribution in [-0.4, -0.2) is 16.1 Å². The largest absolute Gasteiger partial charge is 0.481 e. The smallest absolute Gasteiger partial charge is 0.311 e. The van der Waals surface area contributed by atoms with Crippen LogP contribution in [0.5, 0.6) is 0 Å². The number of carboxylic acids is 1. The lowest BCUT2D eigenvalue weighted by Crippen LogP contribution is -2.15. The first-order valence-corrected chi connectivity index (χ1v) is 9.61. The first-order valence-electron chi connectivity index (χ1n) is 8.82. The van der Waals surface area contributed by atoms with Crippen LogP contribution in [0.25, 0.3) is 22.0 Å². The third kappa shape index (κ3) is 3.51. The summed E-state index contributed by atoms with van der Waals surface area (Å²) in [5.41, 5.74) is 5.68. The lowest BCUT2D eigenvalue weighted by atomic mass is 9.84. The van der Waals surface area contributed by atoms with E-state index in [2.05, 4.69) is 40.2 Å². The van der Waals surface area contributed by atoms with E-state index in [0.717, 1.165) is 44.2 Å². The maximum Gasteiger partial charge on any atom is 0.311 e. The topological polar surface area (TPSA) is 50.2 Å². The van der Waals surface area contributed by atoms with Crippen LogP contribution in [-0.2, 0) is 4.79 Å². The van der Waals surface area contributed by atoms with Gasteiger partial charge in [0.25, 0.3) is 0 Å². The summed E-state index contributed by atoms with van der Waals surface area (Å²) in [7, 11) is 0. The van der Waals surface area contributed by atoms with Gasteiger partial charge in [-0.1, -0.05) is 59.1 Å². The molecule has 1 atom stereocenters. The highest BCUT2D eigenvalue weighted by Gasteiger charge is 2.27. The van der Waals surface area contributed by atoms with Crippen LogP contribution in [0.1, 0.15) is 42.5 Å². The van der Waals surface area contributed by atoms with E-state index in [9.17, 15) is 9.90 Å². The van der Waals surface area contributed by atoms with E-state index >= 15 is 0 Å². The molecule has 0 bridgehead atoms. The second-order valence-corrected chi connectivity index (χ2v) is 7.61. The molecule has 134 valence electrons. The molecule has 0 aliphatic carbocycles. The number of carboxylic acid groups (broad SMARTS) is 1. The zero-order valence-corrected chi connectivity index (χ0v) is 16.8. The van der Waals surface area contributed by atoms with Gasteiger partial charge in [-0.25, -0.2) is 0 Å². The zero-order valence-electron chi connectivity index (χ0n) is 15.2. The van der Waals surface area contributed by atoms with Crippen molar-refractivity contribution in [1.82, 2.24) is 4.98 Å². The Morgan fingerprint density at radius 3 is 2.46 bits per heavy atom. The van der Waals surface area contributed by atoms with E-state index in [0.29, 0.717) is 6.42 Å². The summed E-state index contributed by atoms with van der Waals surface area (Å²) in [5, 5.41) is 10.9. The van der Waals surface area contributed by atoms with Crippen molar-refractivity contribution < 1.29 is 9.90 Å². The number of benzene rings is 2. The van der Waals surface area contributed by atoms with Crippen LogP contribution in [0, 0.1) is 13.8 Å². The van der Waals surface area contributed by atoms with Gasteiger partial charge in [-0.2, -0.15) is 0 Å². The minimum Gasteiger partial charge on any atom is -0.481 e. The molecule has 1 aromatic heterocycles. The Bertz CT molecular complexity index is 964. The van der Waals surface area contributed by atoms with Crippen LogP contribution >= 0.6 is 15.9 Å². The second kappa shape index (κ2) is 7.58. The fourth-order valence-corrected chi connectivity index (χ4v) is 3.87. The Morgan fingerprint density at radius 1 is 1.15 bits per heavy atom. The maximum atomic E-state index is 12.0. The molecule has 1 N–H and O–H groups in total. The van der Waals surface area contributed by atoms with Gasteiger partial charge < -0.3 is 5.11 Å². The molecule has 0 aliphatic heterocycles. The SMILES string of the molecule is CCCC(C(=O)O)c1c(C)nc2ccc(Br)cc2c1-c1ccc(C)cc1. The number of aliphatic carboxylic acids is 1. The van der Waals surface area contributed by atoms with Gasteiger partial charge in [-0.3, -0.25) is 9.78 Å². The molecule has 0 radical (unpaired) electrons. The first kappa shape index (κ1) is 18.6. The van der Waals surface area contributed by atoms with Gasteiger partial charge in [-0.15, -0.1) is 0 Å². The average molecular weight is 412 g/mol. The van der Waals surface area contributed by atoms with Gasteiger partial charge >= 0.3 is 5.97 Å². The zero-order chi connectivity index (χ0) is 18.8. The van der Waals surface area contributed by atoms with Crippen molar-refractivity contribution in [3.05, 3.63) is 63.8 Å². The summed E-state index contributed by atoms with van der Waals surface area (Å²) >= 11 is 3.55. The summed E-state index contributed by atoms with van der Waals surface area (Å²) in [6.07, 6.45) is 1.40. The van der Waals surface area contributed by atoms with Gasteiger partial charge in [-0.05, 0) is 55.2 Å². The van der Waals surface area contributed by atoms with Crippen LogP contribution in [0.3, 0.4) is 0 Å². The number of halogens is 1. The van der Waals surface area contributed by atoms with Crippen LogP contribution in [0.4, 0.5) is 0 Å². The molecule has 1 unspecified atom stereocenters. The van der Waals surface area contributed by atoms with Crippen molar-refractivity contribution >= 4 is 32.8 Å². The number of aromatic nitrogens is 1. The van der Waals surface area contributed by atoms with E-state index < -0.39 is 11.9 Å². The van der Waals surface area contributed by atoms with Crippen LogP contribution in [0.2, 0.25) is 0 Å². The maximum absolute atomic E-state index is 12.0. The Morgan fingerprint density at radius 2 is 1.85 bits per heavy atom. The Kier molecular flexibility index (Phi) is 5.42. The Balaban J connectivity index is 2.42. The molecule has 3 nitrogen and oxygen atoms in total. The van der Waals surface area contributed by atoms with Crippen molar-refractivity contribution in [3.8, 4) is 11.1 Å². The number of hydrogen-bond donors (Lipinski definition) is 1. The molecule has 2 aromatic carbocycles. The molecule has 0 saturated carbocycles. The Labute approximate surface area is 162 Å². The third-order valence-electron chi connectivity index (χ3n) is 4.74. The van der Waals surface area contributed by atoms with Crippen molar-refractivity contribution in [3.63, 3.8) is 0 Å². The van der Waals surface area contributed by atoms with Crippen molar-refractivity contribution in [2.45, 2.75) is 39.5 Å². The van der Waals surface area contributed by atoms with E-state index in [-0.39, 0.29) is 0 Å². The normalized spacial score (nSPS) is 12.3. The average Bonchev–Trinajstić information content (AvgIpc) is 2.60. The summed E-state index contributed by atoms with van der Waals surface area (Å²) in [4.78, 5) is 16.8. The molecule has 0 aliphatic rings. The van der Waals surface area contributed by atoms with E-state index in [1.807, 2.05) is 39.0 Å². The summed E-state index contributed by atoms with van der Waals surface area (Å²) in [5.74, 6) is -1.35. The highest BCUT2D eigenvalue weighted by Crippen LogP contribution is 2.39. The van der Waals surface area contributed by atoms with Crippen molar-refractivity contribution in [2.75, 3.05) is 0 Å². The lowest BCUT2D eigenvalue weighted by molar-refractivity contribution is -0.139. The first-order chi connectivity index (χ1) is 12.4. The lowest BCUT2D eigenvalue weighted by Gasteiger charge is -2.21. The standard InChI is InChI=1S/C22H22BrNO2/c1-4-5-17(22(25)26)20-14(3)24-19-11-10-16(23)12-18(19)21(20)15-8-6-13(2)7-9-15/h6-12,17H,4-5H2,1-3H3,(H,25,26). The minimum absolute atomic E-state index is 0.563. The Hall–Kier alpha value is -2.20. The van der Waals surface area contributed by atoms with Gasteiger partial charge in [0.05, 0.1) is 11.4 Å². The number of carbonyl (C=O) groups is 1. The molecule has 0 fully saturated rings. The molecular formula is C22H22BrNO2. The van der Waals surface area contributed by atoms with Gasteiger partial charge in [0.15, 0.2) is 0 Å². The molecule has 0 saturated heterocycles. The molecule has 1 heterocycles. The number of hydrogen-bond acceptors (Lipinski definition) is 2. The fourth-order valence-electron chi connectivity index (χ4n) is 3.51. The monoisotopic (exact) mass is 411 g/mol. The number of pyridine rings is 1. The summed E-state index contributed by atoms with van der Waals surface area (Å²) in [6, 6.07) is 14.2. The van der Waals surface area contributed by atoms with Crippen LogP contribution < -0.4 is 0 Å². The van der Waals surface area contributed by atoms with Crippen molar-refractivity contribution in [1.29, 1.82) is 0 Å². The third-order valence-corrected chi connectivity index (χ3v) is 5.23. The van der Waals surface area contributed by atoms with E-state index in [4.69, 9.17) is 4.98 Å². The fraction of sp³-hybridized carbons (Fsp3) is 0.273. The number of aryl methyl sites for hydroxylation is 2. The van der Waals surface area contributed by atoms with E-state index in [1.54, 1.807) is 0 Å². The molecule has 26 heavy (non-hydrogen) atoms. The minimum atomic E-state index is -0.792. The molecule has 3 rings (SSSR count). The number of nitrogens with zero attached hydrogens (tertiary/aromatic N) is 1. The predicted octanol–water partition coefficient (Wildman–Crippen LogP) is 6.25. The van der Waals surface area contributed by atoms with Gasteiger partial charge in [0.2, 0.25) is 0 Å². The highest BCUT2D eigenvalue weighted by molar-refractivity contribution is 9.10. The molecule has 0 spiro atoms. The quantitative estimate of drug-likeness (QED) is 0.539. The van der Waals surface area contributed by atoms with Gasteiger partial charge in [0.1, 0.15) is 0 Å².